The van der Waals surface area contributed by atoms with Crippen LogP contribution in [0.3, 0.4) is 0 Å². The van der Waals surface area contributed by atoms with Gasteiger partial charge >= 0.3 is 0 Å². The van der Waals surface area contributed by atoms with E-state index in [-0.39, 0.29) is 6.04 Å². The van der Waals surface area contributed by atoms with Crippen LogP contribution >= 0.6 is 11.6 Å². The Balaban J connectivity index is 2.46. The molecule has 0 fully saturated rings. The Bertz CT molecular complexity index is 570. The molecular formula is C14H19ClN4O. The summed E-state index contributed by atoms with van der Waals surface area (Å²) in [5, 5.41) is 12.1. The summed E-state index contributed by atoms with van der Waals surface area (Å²) in [7, 11) is 3.55. The van der Waals surface area contributed by atoms with Crippen LogP contribution in [0.4, 0.5) is 0 Å². The Hall–Kier alpha value is -1.59. The standard InChI is InChI=1S/C14H19ClN4O/c1-4-7-19-12(9-17-18-19)14(16-2)11-8-10(15)5-6-13(11)20-3/h5-6,8-9,14,16H,4,7H2,1-3H3. The zero-order valence-electron chi connectivity index (χ0n) is 11.9. The zero-order valence-corrected chi connectivity index (χ0v) is 12.7. The molecule has 1 atom stereocenters. The van der Waals surface area contributed by atoms with E-state index in [1.54, 1.807) is 13.3 Å². The number of nitrogens with zero attached hydrogens (tertiary/aromatic N) is 3. The highest BCUT2D eigenvalue weighted by Gasteiger charge is 2.21. The first-order valence-corrected chi connectivity index (χ1v) is 6.98. The molecule has 1 N–H and O–H groups in total. The van der Waals surface area contributed by atoms with Crippen LogP contribution in [0.15, 0.2) is 24.4 Å². The number of hydrogen-bond acceptors (Lipinski definition) is 4. The Labute approximate surface area is 123 Å². The molecule has 0 spiro atoms. The Morgan fingerprint density at radius 3 is 2.90 bits per heavy atom. The van der Waals surface area contributed by atoms with Gasteiger partial charge < -0.3 is 10.1 Å². The van der Waals surface area contributed by atoms with Crippen molar-refractivity contribution in [3.63, 3.8) is 0 Å². The van der Waals surface area contributed by atoms with Gasteiger partial charge in [0.2, 0.25) is 0 Å². The summed E-state index contributed by atoms with van der Waals surface area (Å²) >= 11 is 6.12. The Kier molecular flexibility index (Phi) is 4.98. The van der Waals surface area contributed by atoms with Crippen LogP contribution in [-0.4, -0.2) is 29.2 Å². The Morgan fingerprint density at radius 1 is 1.45 bits per heavy atom. The highest BCUT2D eigenvalue weighted by molar-refractivity contribution is 6.30. The summed E-state index contributed by atoms with van der Waals surface area (Å²) in [5.41, 5.74) is 1.97. The van der Waals surface area contributed by atoms with Crippen LogP contribution in [0.2, 0.25) is 5.02 Å². The largest absolute Gasteiger partial charge is 0.496 e. The molecule has 1 unspecified atom stereocenters. The molecule has 2 rings (SSSR count). The molecule has 6 heteroatoms. The Morgan fingerprint density at radius 2 is 2.25 bits per heavy atom. The summed E-state index contributed by atoms with van der Waals surface area (Å²) in [5.74, 6) is 0.790. The van der Waals surface area contributed by atoms with Crippen molar-refractivity contribution >= 4 is 11.6 Å². The molecule has 0 aliphatic carbocycles. The predicted octanol–water partition coefficient (Wildman–Crippen LogP) is 2.66. The van der Waals surface area contributed by atoms with Crippen LogP contribution < -0.4 is 10.1 Å². The van der Waals surface area contributed by atoms with Crippen LogP contribution in [0.1, 0.15) is 30.6 Å². The van der Waals surface area contributed by atoms with Crippen LogP contribution in [0.25, 0.3) is 0 Å². The molecule has 1 aromatic heterocycles. The molecule has 0 saturated carbocycles. The van der Waals surface area contributed by atoms with E-state index in [2.05, 4.69) is 22.6 Å². The third-order valence-electron chi connectivity index (χ3n) is 3.17. The molecular weight excluding hydrogens is 276 g/mol. The summed E-state index contributed by atoms with van der Waals surface area (Å²) < 4.78 is 7.34. The number of hydrogen-bond donors (Lipinski definition) is 1. The minimum Gasteiger partial charge on any atom is -0.496 e. The van der Waals surface area contributed by atoms with Crippen LogP contribution in [0, 0.1) is 0 Å². The van der Waals surface area contributed by atoms with Crippen molar-refractivity contribution in [1.29, 1.82) is 0 Å². The van der Waals surface area contributed by atoms with Crippen molar-refractivity contribution in [1.82, 2.24) is 20.3 Å². The number of halogens is 1. The fraction of sp³-hybridized carbons (Fsp3) is 0.429. The number of methoxy groups -OCH3 is 1. The summed E-state index contributed by atoms with van der Waals surface area (Å²) in [6, 6.07) is 5.53. The lowest BCUT2D eigenvalue weighted by Gasteiger charge is -2.20. The van der Waals surface area contributed by atoms with Gasteiger partial charge in [-0.1, -0.05) is 23.7 Å². The van der Waals surface area contributed by atoms with E-state index in [0.717, 1.165) is 30.0 Å². The van der Waals surface area contributed by atoms with Gasteiger partial charge in [0.05, 0.1) is 25.0 Å². The smallest absolute Gasteiger partial charge is 0.124 e. The van der Waals surface area contributed by atoms with Gasteiger partial charge in [-0.05, 0) is 31.7 Å². The number of rotatable bonds is 6. The molecule has 0 saturated heterocycles. The fourth-order valence-electron chi connectivity index (χ4n) is 2.27. The van der Waals surface area contributed by atoms with Crippen molar-refractivity contribution in [2.45, 2.75) is 25.9 Å². The average molecular weight is 295 g/mol. The molecule has 0 aliphatic heterocycles. The third kappa shape index (κ3) is 2.94. The number of ether oxygens (including phenoxy) is 1. The highest BCUT2D eigenvalue weighted by Crippen LogP contribution is 2.31. The summed E-state index contributed by atoms with van der Waals surface area (Å²) in [6.07, 6.45) is 2.77. The average Bonchev–Trinajstić information content (AvgIpc) is 2.89. The van der Waals surface area contributed by atoms with Gasteiger partial charge in [-0.15, -0.1) is 5.10 Å². The topological polar surface area (TPSA) is 52.0 Å². The lowest BCUT2D eigenvalue weighted by atomic mass is 10.0. The molecule has 0 radical (unpaired) electrons. The molecule has 108 valence electrons. The van der Waals surface area contributed by atoms with E-state index >= 15 is 0 Å². The van der Waals surface area contributed by atoms with E-state index in [0.29, 0.717) is 5.02 Å². The minimum atomic E-state index is -0.0646. The number of aromatic nitrogens is 3. The predicted molar refractivity (Wildman–Crippen MR) is 79.2 cm³/mol. The van der Waals surface area contributed by atoms with Gasteiger partial charge in [0, 0.05) is 17.1 Å². The van der Waals surface area contributed by atoms with E-state index < -0.39 is 0 Å². The van der Waals surface area contributed by atoms with E-state index in [1.807, 2.05) is 29.9 Å². The van der Waals surface area contributed by atoms with Gasteiger partial charge in [-0.3, -0.25) is 0 Å². The lowest BCUT2D eigenvalue weighted by molar-refractivity contribution is 0.403. The molecule has 2 aromatic rings. The zero-order chi connectivity index (χ0) is 14.5. The monoisotopic (exact) mass is 294 g/mol. The number of aryl methyl sites for hydroxylation is 1. The molecule has 1 aromatic carbocycles. The second-order valence-electron chi connectivity index (χ2n) is 4.49. The minimum absolute atomic E-state index is 0.0646. The van der Waals surface area contributed by atoms with Gasteiger partial charge in [0.1, 0.15) is 5.75 Å². The molecule has 1 heterocycles. The molecule has 5 nitrogen and oxygen atoms in total. The second-order valence-corrected chi connectivity index (χ2v) is 4.93. The molecule has 0 bridgehead atoms. The van der Waals surface area contributed by atoms with Crippen molar-refractivity contribution in [2.75, 3.05) is 14.2 Å². The van der Waals surface area contributed by atoms with Crippen molar-refractivity contribution in [2.24, 2.45) is 0 Å². The number of benzene rings is 1. The number of nitrogens with one attached hydrogen (secondary N) is 1. The molecule has 20 heavy (non-hydrogen) atoms. The SMILES string of the molecule is CCCn1nncc1C(NC)c1cc(Cl)ccc1OC. The van der Waals surface area contributed by atoms with E-state index in [9.17, 15) is 0 Å². The third-order valence-corrected chi connectivity index (χ3v) is 3.41. The summed E-state index contributed by atoms with van der Waals surface area (Å²) in [4.78, 5) is 0. The van der Waals surface area contributed by atoms with Crippen molar-refractivity contribution < 1.29 is 4.74 Å². The van der Waals surface area contributed by atoms with Gasteiger partial charge in [-0.2, -0.15) is 0 Å². The first-order chi connectivity index (χ1) is 9.71. The first-order valence-electron chi connectivity index (χ1n) is 6.60. The summed E-state index contributed by atoms with van der Waals surface area (Å²) in [6.45, 7) is 2.94. The van der Waals surface area contributed by atoms with E-state index in [1.165, 1.54) is 0 Å². The first kappa shape index (κ1) is 14.8. The maximum atomic E-state index is 6.12. The quantitative estimate of drug-likeness (QED) is 0.890. The normalized spacial score (nSPS) is 12.4. The maximum Gasteiger partial charge on any atom is 0.124 e. The van der Waals surface area contributed by atoms with Crippen LogP contribution in [-0.2, 0) is 6.54 Å². The lowest BCUT2D eigenvalue weighted by Crippen LogP contribution is -2.22. The van der Waals surface area contributed by atoms with Gasteiger partial charge in [-0.25, -0.2) is 4.68 Å². The van der Waals surface area contributed by atoms with Crippen molar-refractivity contribution in [3.8, 4) is 5.75 Å². The molecule has 0 amide bonds. The van der Waals surface area contributed by atoms with E-state index in [4.69, 9.17) is 16.3 Å². The molecule has 0 aliphatic rings. The van der Waals surface area contributed by atoms with Gasteiger partial charge in [0.25, 0.3) is 0 Å². The van der Waals surface area contributed by atoms with Crippen LogP contribution in [0.5, 0.6) is 5.75 Å². The van der Waals surface area contributed by atoms with Gasteiger partial charge in [0.15, 0.2) is 0 Å². The highest BCUT2D eigenvalue weighted by atomic mass is 35.5. The second kappa shape index (κ2) is 6.72. The fourth-order valence-corrected chi connectivity index (χ4v) is 2.45. The van der Waals surface area contributed by atoms with Crippen molar-refractivity contribution in [3.05, 3.63) is 40.7 Å². The maximum absolute atomic E-state index is 6.12.